The van der Waals surface area contributed by atoms with E-state index in [1.807, 2.05) is 19.1 Å². The minimum Gasteiger partial charge on any atom is -0.299 e. The van der Waals surface area contributed by atoms with Gasteiger partial charge in [0.05, 0.1) is 16.7 Å². The van der Waals surface area contributed by atoms with Gasteiger partial charge >= 0.3 is 0 Å². The summed E-state index contributed by atoms with van der Waals surface area (Å²) < 4.78 is 1.47. The van der Waals surface area contributed by atoms with E-state index >= 15 is 0 Å². The number of rotatable bonds is 4. The summed E-state index contributed by atoms with van der Waals surface area (Å²) in [6, 6.07) is 10.9. The van der Waals surface area contributed by atoms with Gasteiger partial charge in [0.2, 0.25) is 0 Å². The minimum absolute atomic E-state index is 0.0285. The van der Waals surface area contributed by atoms with Crippen molar-refractivity contribution in [2.24, 2.45) is 0 Å². The third kappa shape index (κ3) is 3.17. The first kappa shape index (κ1) is 15.4. The zero-order valence-corrected chi connectivity index (χ0v) is 13.6. The van der Waals surface area contributed by atoms with E-state index in [1.165, 1.54) is 23.3 Å². The van der Waals surface area contributed by atoms with Gasteiger partial charge in [-0.15, -0.1) is 0 Å². The van der Waals surface area contributed by atoms with Crippen molar-refractivity contribution in [2.45, 2.75) is 19.0 Å². The van der Waals surface area contributed by atoms with Crippen LogP contribution in [0.4, 0.5) is 0 Å². The molecule has 0 N–H and O–H groups in total. The number of para-hydroxylation sites is 1. The monoisotopic (exact) mass is 325 g/mol. The second-order valence-electron chi connectivity index (χ2n) is 5.24. The predicted octanol–water partition coefficient (Wildman–Crippen LogP) is 2.77. The molecule has 116 valence electrons. The Bertz CT molecular complexity index is 933. The number of hydrogen-bond acceptors (Lipinski definition) is 5. The first-order chi connectivity index (χ1) is 11.1. The molecular formula is C17H15N3O2S. The average molecular weight is 325 g/mol. The van der Waals surface area contributed by atoms with Crippen molar-refractivity contribution in [3.63, 3.8) is 0 Å². The molecule has 0 aliphatic heterocycles. The number of aromatic nitrogens is 3. The molecule has 0 aliphatic carbocycles. The number of carbonyl (C=O) groups excluding carboxylic acids is 1. The Kier molecular flexibility index (Phi) is 4.25. The Labute approximate surface area is 137 Å². The SMILES string of the molecule is CC(=O)CSc1nc2ccccc2c(=O)n1-c1ccc(C)cn1. The summed E-state index contributed by atoms with van der Waals surface area (Å²) in [6.45, 7) is 3.45. The Morgan fingerprint density at radius 3 is 2.70 bits per heavy atom. The van der Waals surface area contributed by atoms with Crippen LogP contribution < -0.4 is 5.56 Å². The van der Waals surface area contributed by atoms with Crippen molar-refractivity contribution in [3.05, 3.63) is 58.5 Å². The maximum atomic E-state index is 12.9. The molecule has 0 bridgehead atoms. The Morgan fingerprint density at radius 1 is 1.22 bits per heavy atom. The second kappa shape index (κ2) is 6.34. The number of hydrogen-bond donors (Lipinski definition) is 0. The van der Waals surface area contributed by atoms with Crippen molar-refractivity contribution in [2.75, 3.05) is 5.75 Å². The van der Waals surface area contributed by atoms with Crippen LogP contribution in [0.5, 0.6) is 0 Å². The van der Waals surface area contributed by atoms with E-state index in [4.69, 9.17) is 0 Å². The number of nitrogens with zero attached hydrogens (tertiary/aromatic N) is 3. The van der Waals surface area contributed by atoms with Crippen LogP contribution in [-0.2, 0) is 4.79 Å². The number of aryl methyl sites for hydroxylation is 1. The predicted molar refractivity (Wildman–Crippen MR) is 91.3 cm³/mol. The third-order valence-electron chi connectivity index (χ3n) is 3.27. The van der Waals surface area contributed by atoms with E-state index in [0.29, 0.717) is 21.9 Å². The molecule has 0 atom stereocenters. The molecule has 0 unspecified atom stereocenters. The van der Waals surface area contributed by atoms with Crippen LogP contribution >= 0.6 is 11.8 Å². The molecular weight excluding hydrogens is 310 g/mol. The summed E-state index contributed by atoms with van der Waals surface area (Å²) in [5.74, 6) is 0.794. The maximum absolute atomic E-state index is 12.9. The largest absolute Gasteiger partial charge is 0.299 e. The Balaban J connectivity index is 2.25. The van der Waals surface area contributed by atoms with E-state index in [9.17, 15) is 9.59 Å². The van der Waals surface area contributed by atoms with Crippen molar-refractivity contribution in [1.82, 2.24) is 14.5 Å². The van der Waals surface area contributed by atoms with E-state index in [0.717, 1.165) is 5.56 Å². The molecule has 2 heterocycles. The van der Waals surface area contributed by atoms with Crippen LogP contribution in [0, 0.1) is 6.92 Å². The lowest BCUT2D eigenvalue weighted by Crippen LogP contribution is -2.23. The fraction of sp³-hybridized carbons (Fsp3) is 0.176. The summed E-state index contributed by atoms with van der Waals surface area (Å²) in [5, 5.41) is 1.00. The standard InChI is InChI=1S/C17H15N3O2S/c1-11-7-8-15(18-9-11)20-16(22)13-5-3-4-6-14(13)19-17(20)23-10-12(2)21/h3-9H,10H2,1-2H3. The Morgan fingerprint density at radius 2 is 2.00 bits per heavy atom. The van der Waals surface area contributed by atoms with Crippen molar-refractivity contribution in [3.8, 4) is 5.82 Å². The molecule has 0 saturated heterocycles. The van der Waals surface area contributed by atoms with Crippen LogP contribution in [-0.4, -0.2) is 26.1 Å². The van der Waals surface area contributed by atoms with Crippen LogP contribution in [0.3, 0.4) is 0 Å². The topological polar surface area (TPSA) is 64.8 Å². The normalized spacial score (nSPS) is 10.9. The average Bonchev–Trinajstić information content (AvgIpc) is 2.54. The van der Waals surface area contributed by atoms with Gasteiger partial charge in [0.25, 0.3) is 5.56 Å². The van der Waals surface area contributed by atoms with Gasteiger partial charge in [0.15, 0.2) is 5.16 Å². The van der Waals surface area contributed by atoms with Crippen LogP contribution in [0.1, 0.15) is 12.5 Å². The summed E-state index contributed by atoms with van der Waals surface area (Å²) in [6.07, 6.45) is 1.70. The number of thioether (sulfide) groups is 1. The molecule has 3 aromatic rings. The van der Waals surface area contributed by atoms with Gasteiger partial charge in [-0.3, -0.25) is 9.59 Å². The highest BCUT2D eigenvalue weighted by atomic mass is 32.2. The lowest BCUT2D eigenvalue weighted by molar-refractivity contribution is -0.114. The smallest absolute Gasteiger partial charge is 0.267 e. The quantitative estimate of drug-likeness (QED) is 0.545. The summed E-state index contributed by atoms with van der Waals surface area (Å²) in [7, 11) is 0. The first-order valence-electron chi connectivity index (χ1n) is 7.13. The lowest BCUT2D eigenvalue weighted by Gasteiger charge is -2.12. The third-order valence-corrected chi connectivity index (χ3v) is 4.36. The summed E-state index contributed by atoms with van der Waals surface area (Å²) in [5.41, 5.74) is 1.44. The first-order valence-corrected chi connectivity index (χ1v) is 8.12. The van der Waals surface area contributed by atoms with Crippen LogP contribution in [0.15, 0.2) is 52.5 Å². The van der Waals surface area contributed by atoms with Gasteiger partial charge in [-0.1, -0.05) is 30.0 Å². The molecule has 2 aromatic heterocycles. The molecule has 6 heteroatoms. The molecule has 1 aromatic carbocycles. The number of fused-ring (bicyclic) bond motifs is 1. The number of ketones is 1. The minimum atomic E-state index is -0.182. The van der Waals surface area contributed by atoms with Crippen LogP contribution in [0.25, 0.3) is 16.7 Å². The molecule has 0 spiro atoms. The highest BCUT2D eigenvalue weighted by molar-refractivity contribution is 7.99. The highest BCUT2D eigenvalue weighted by Crippen LogP contribution is 2.20. The molecule has 0 saturated carbocycles. The Hall–Kier alpha value is -2.47. The van der Waals surface area contributed by atoms with E-state index in [-0.39, 0.29) is 17.1 Å². The zero-order valence-electron chi connectivity index (χ0n) is 12.8. The second-order valence-corrected chi connectivity index (χ2v) is 6.18. The van der Waals surface area contributed by atoms with E-state index < -0.39 is 0 Å². The molecule has 0 aliphatic rings. The number of benzene rings is 1. The fourth-order valence-electron chi connectivity index (χ4n) is 2.17. The van der Waals surface area contributed by atoms with Gasteiger partial charge in [0.1, 0.15) is 11.6 Å². The molecule has 3 rings (SSSR count). The molecule has 0 amide bonds. The van der Waals surface area contributed by atoms with Gasteiger partial charge in [0, 0.05) is 6.20 Å². The number of Topliss-reactive ketones (excluding diaryl/α,β-unsaturated/α-hetero) is 1. The number of pyridine rings is 1. The van der Waals surface area contributed by atoms with Gasteiger partial charge in [-0.25, -0.2) is 14.5 Å². The molecule has 0 fully saturated rings. The lowest BCUT2D eigenvalue weighted by atomic mass is 10.2. The molecule has 0 radical (unpaired) electrons. The van der Waals surface area contributed by atoms with Crippen LogP contribution in [0.2, 0.25) is 0 Å². The van der Waals surface area contributed by atoms with Gasteiger partial charge in [-0.2, -0.15) is 0 Å². The summed E-state index contributed by atoms with van der Waals surface area (Å²) >= 11 is 1.25. The number of carbonyl (C=O) groups is 1. The van der Waals surface area contributed by atoms with E-state index in [2.05, 4.69) is 9.97 Å². The highest BCUT2D eigenvalue weighted by Gasteiger charge is 2.14. The van der Waals surface area contributed by atoms with Crippen molar-refractivity contribution < 1.29 is 4.79 Å². The maximum Gasteiger partial charge on any atom is 0.267 e. The van der Waals surface area contributed by atoms with E-state index in [1.54, 1.807) is 30.5 Å². The van der Waals surface area contributed by atoms with Gasteiger partial charge in [-0.05, 0) is 37.6 Å². The summed E-state index contributed by atoms with van der Waals surface area (Å²) in [4.78, 5) is 33.0. The molecule has 23 heavy (non-hydrogen) atoms. The molecule has 5 nitrogen and oxygen atoms in total. The zero-order chi connectivity index (χ0) is 16.4. The van der Waals surface area contributed by atoms with Gasteiger partial charge < -0.3 is 0 Å². The fourth-order valence-corrected chi connectivity index (χ4v) is 2.97. The van der Waals surface area contributed by atoms with Crippen molar-refractivity contribution in [1.29, 1.82) is 0 Å². The van der Waals surface area contributed by atoms with Crippen molar-refractivity contribution >= 4 is 28.4 Å².